The number of rotatable bonds is 7. The minimum atomic E-state index is -3.99. The van der Waals surface area contributed by atoms with E-state index in [1.165, 1.54) is 0 Å². The Morgan fingerprint density at radius 2 is 2.18 bits per heavy atom. The van der Waals surface area contributed by atoms with Gasteiger partial charge in [0.1, 0.15) is 18.5 Å². The highest BCUT2D eigenvalue weighted by Crippen LogP contribution is 2.37. The van der Waals surface area contributed by atoms with Gasteiger partial charge in [-0.25, -0.2) is 0 Å². The highest BCUT2D eigenvalue weighted by atomic mass is 32.2. The predicted molar refractivity (Wildman–Crippen MR) is 79.7 cm³/mol. The van der Waals surface area contributed by atoms with Crippen LogP contribution >= 0.6 is 0 Å². The van der Waals surface area contributed by atoms with Gasteiger partial charge < -0.3 is 14.2 Å². The maximum Gasteiger partial charge on any atom is 0.267 e. The molecule has 1 aromatic rings. The molecule has 1 fully saturated rings. The van der Waals surface area contributed by atoms with Crippen LogP contribution in [0.4, 0.5) is 0 Å². The van der Waals surface area contributed by atoms with E-state index >= 15 is 0 Å². The van der Waals surface area contributed by atoms with Crippen LogP contribution in [0, 0.1) is 0 Å². The number of ether oxygens (including phenoxy) is 3. The van der Waals surface area contributed by atoms with Crippen LogP contribution in [0.5, 0.6) is 5.75 Å². The van der Waals surface area contributed by atoms with Gasteiger partial charge in [0.15, 0.2) is 0 Å². The zero-order chi connectivity index (χ0) is 15.6. The molecule has 3 rings (SSSR count). The van der Waals surface area contributed by atoms with E-state index in [0.29, 0.717) is 6.61 Å². The lowest BCUT2D eigenvalue weighted by Crippen LogP contribution is -2.18. The topological polar surface area (TPSA) is 85.4 Å². The molecule has 1 aromatic carbocycles. The van der Waals surface area contributed by atoms with Gasteiger partial charge in [0, 0.05) is 0 Å². The summed E-state index contributed by atoms with van der Waals surface area (Å²) in [5.74, 6) is 0.477. The van der Waals surface area contributed by atoms with E-state index in [1.807, 2.05) is 18.2 Å². The molecule has 1 saturated heterocycles. The van der Waals surface area contributed by atoms with Crippen LogP contribution in [0.2, 0.25) is 0 Å². The van der Waals surface area contributed by atoms with Crippen molar-refractivity contribution in [3.8, 4) is 5.75 Å². The van der Waals surface area contributed by atoms with Crippen molar-refractivity contribution in [3.05, 3.63) is 29.3 Å². The third-order valence-corrected chi connectivity index (χ3v) is 4.58. The molecule has 7 heteroatoms. The molecule has 1 heterocycles. The number of hydrogen-bond acceptors (Lipinski definition) is 5. The lowest BCUT2D eigenvalue weighted by Gasteiger charge is -2.27. The highest BCUT2D eigenvalue weighted by Gasteiger charge is 2.26. The number of fused-ring (bicyclic) bond motifs is 1. The first kappa shape index (κ1) is 15.7. The second kappa shape index (κ2) is 6.54. The van der Waals surface area contributed by atoms with Crippen molar-refractivity contribution < 1.29 is 27.2 Å². The maximum absolute atomic E-state index is 10.8. The fourth-order valence-corrected chi connectivity index (χ4v) is 3.03. The molecule has 1 aliphatic carbocycles. The summed E-state index contributed by atoms with van der Waals surface area (Å²) in [6.07, 6.45) is 2.79. The molecule has 22 heavy (non-hydrogen) atoms. The zero-order valence-corrected chi connectivity index (χ0v) is 13.0. The summed E-state index contributed by atoms with van der Waals surface area (Å²) in [6, 6.07) is 5.86. The lowest BCUT2D eigenvalue weighted by atomic mass is 9.88. The Hall–Kier alpha value is -1.15. The van der Waals surface area contributed by atoms with Crippen molar-refractivity contribution in [1.29, 1.82) is 0 Å². The molecule has 0 radical (unpaired) electrons. The smallest absolute Gasteiger partial charge is 0.267 e. The highest BCUT2D eigenvalue weighted by molar-refractivity contribution is 7.85. The van der Waals surface area contributed by atoms with E-state index in [-0.39, 0.29) is 24.6 Å². The van der Waals surface area contributed by atoms with Gasteiger partial charge in [-0.2, -0.15) is 8.42 Å². The molecule has 1 aliphatic heterocycles. The van der Waals surface area contributed by atoms with Crippen LogP contribution in [-0.4, -0.2) is 44.6 Å². The molecule has 0 saturated carbocycles. The van der Waals surface area contributed by atoms with Crippen molar-refractivity contribution in [2.45, 2.75) is 31.5 Å². The Labute approximate surface area is 130 Å². The molecule has 0 amide bonds. The molecule has 2 unspecified atom stereocenters. The van der Waals surface area contributed by atoms with E-state index in [9.17, 15) is 8.42 Å². The SMILES string of the molecule is O=S(=O)(O)CCOC1CCCc2c(OCC3CO3)cccc21. The first-order valence-electron chi connectivity index (χ1n) is 7.46. The quantitative estimate of drug-likeness (QED) is 0.606. The summed E-state index contributed by atoms with van der Waals surface area (Å²) in [5.41, 5.74) is 2.18. The monoisotopic (exact) mass is 328 g/mol. The third kappa shape index (κ3) is 4.19. The third-order valence-electron chi connectivity index (χ3n) is 3.90. The molecule has 122 valence electrons. The van der Waals surface area contributed by atoms with Crippen LogP contribution in [-0.2, 0) is 26.0 Å². The Morgan fingerprint density at radius 1 is 1.36 bits per heavy atom. The van der Waals surface area contributed by atoms with Crippen LogP contribution < -0.4 is 4.74 Å². The summed E-state index contributed by atoms with van der Waals surface area (Å²) in [6.45, 7) is 1.31. The van der Waals surface area contributed by atoms with E-state index in [0.717, 1.165) is 42.7 Å². The second-order valence-electron chi connectivity index (χ2n) is 5.63. The zero-order valence-electron chi connectivity index (χ0n) is 12.2. The van der Waals surface area contributed by atoms with Crippen LogP contribution in [0.3, 0.4) is 0 Å². The summed E-state index contributed by atoms with van der Waals surface area (Å²) in [4.78, 5) is 0. The van der Waals surface area contributed by atoms with Gasteiger partial charge in [0.25, 0.3) is 10.1 Å². The number of benzene rings is 1. The predicted octanol–water partition coefficient (Wildman–Crippen LogP) is 1.75. The molecule has 2 atom stereocenters. The van der Waals surface area contributed by atoms with Gasteiger partial charge in [0.05, 0.1) is 25.1 Å². The average molecular weight is 328 g/mol. The Bertz CT molecular complexity index is 623. The Morgan fingerprint density at radius 3 is 2.91 bits per heavy atom. The molecular weight excluding hydrogens is 308 g/mol. The van der Waals surface area contributed by atoms with E-state index in [4.69, 9.17) is 18.8 Å². The van der Waals surface area contributed by atoms with E-state index < -0.39 is 10.1 Å². The van der Waals surface area contributed by atoms with Gasteiger partial charge >= 0.3 is 0 Å². The van der Waals surface area contributed by atoms with Gasteiger partial charge in [-0.05, 0) is 36.5 Å². The van der Waals surface area contributed by atoms with Crippen LogP contribution in [0.1, 0.15) is 30.1 Å². The standard InChI is InChI=1S/C15H20O6S/c16-22(17,18)8-7-19-14-5-1-4-13-12(14)3-2-6-15(13)21-10-11-9-20-11/h2-3,6,11,14H,1,4-5,7-10H2,(H,16,17,18). The Kier molecular flexibility index (Phi) is 4.67. The second-order valence-corrected chi connectivity index (χ2v) is 7.20. The first-order valence-corrected chi connectivity index (χ1v) is 9.07. The fraction of sp³-hybridized carbons (Fsp3) is 0.600. The van der Waals surface area contributed by atoms with Gasteiger partial charge in [-0.1, -0.05) is 12.1 Å². The molecule has 2 aliphatic rings. The summed E-state index contributed by atoms with van der Waals surface area (Å²) in [7, 11) is -3.99. The van der Waals surface area contributed by atoms with Crippen molar-refractivity contribution in [3.63, 3.8) is 0 Å². The summed E-state index contributed by atoms with van der Waals surface area (Å²) in [5, 5.41) is 0. The molecule has 1 N–H and O–H groups in total. The molecule has 0 spiro atoms. The van der Waals surface area contributed by atoms with Crippen molar-refractivity contribution >= 4 is 10.1 Å². The van der Waals surface area contributed by atoms with Gasteiger partial charge in [-0.15, -0.1) is 0 Å². The Balaban J connectivity index is 1.67. The van der Waals surface area contributed by atoms with Gasteiger partial charge in [0.2, 0.25) is 0 Å². The van der Waals surface area contributed by atoms with Crippen LogP contribution in [0.25, 0.3) is 0 Å². The summed E-state index contributed by atoms with van der Waals surface area (Å²) >= 11 is 0. The van der Waals surface area contributed by atoms with Crippen molar-refractivity contribution in [1.82, 2.24) is 0 Å². The maximum atomic E-state index is 10.8. The first-order chi connectivity index (χ1) is 10.5. The van der Waals surface area contributed by atoms with E-state index in [2.05, 4.69) is 0 Å². The summed E-state index contributed by atoms with van der Waals surface area (Å²) < 4.78 is 46.9. The minimum Gasteiger partial charge on any atom is -0.490 e. The fourth-order valence-electron chi connectivity index (χ4n) is 2.72. The molecule has 6 nitrogen and oxygen atoms in total. The van der Waals surface area contributed by atoms with Crippen LogP contribution in [0.15, 0.2) is 18.2 Å². The molecule has 0 bridgehead atoms. The van der Waals surface area contributed by atoms with E-state index in [1.54, 1.807) is 0 Å². The molecular formula is C15H20O6S. The number of hydrogen-bond donors (Lipinski definition) is 1. The number of epoxide rings is 1. The van der Waals surface area contributed by atoms with Crippen molar-refractivity contribution in [2.24, 2.45) is 0 Å². The minimum absolute atomic E-state index is 0.00998. The van der Waals surface area contributed by atoms with Crippen molar-refractivity contribution in [2.75, 3.05) is 25.6 Å². The largest absolute Gasteiger partial charge is 0.490 e. The molecule has 0 aromatic heterocycles. The lowest BCUT2D eigenvalue weighted by molar-refractivity contribution is 0.0502. The average Bonchev–Trinajstić information content (AvgIpc) is 3.28. The normalized spacial score (nSPS) is 23.9. The van der Waals surface area contributed by atoms with Gasteiger partial charge in [-0.3, -0.25) is 4.55 Å².